The van der Waals surface area contributed by atoms with Crippen molar-refractivity contribution in [3.63, 3.8) is 0 Å². The van der Waals surface area contributed by atoms with Gasteiger partial charge in [0.1, 0.15) is 0 Å². The molecule has 0 N–H and O–H groups in total. The predicted octanol–water partition coefficient (Wildman–Crippen LogP) is 2.85. The Kier molecular flexibility index (Phi) is 3.71. The molecule has 0 fully saturated rings. The van der Waals surface area contributed by atoms with Crippen LogP contribution in [-0.4, -0.2) is 24.1 Å². The number of anilines is 1. The van der Waals surface area contributed by atoms with Crippen LogP contribution in [0.15, 0.2) is 12.1 Å². The number of Topliss-reactive ketones (excluding diaryl/α,β-unsaturated/α-hetero) is 1. The van der Waals surface area contributed by atoms with E-state index < -0.39 is 5.91 Å². The molecule has 0 atom stereocenters. The van der Waals surface area contributed by atoms with Crippen molar-refractivity contribution in [3.05, 3.63) is 28.8 Å². The standard InChI is InChI=1S/C14H16ClNO2/c1-9-7-10(2)12-11(8-9)16(6-4-3-5-15)14(18)13(12)17/h7-8H,3-6H2,1-2H3. The molecule has 4 heteroatoms. The monoisotopic (exact) mass is 265 g/mol. The zero-order chi connectivity index (χ0) is 13.3. The first-order chi connectivity index (χ1) is 8.56. The molecule has 2 rings (SSSR count). The lowest BCUT2D eigenvalue weighted by Gasteiger charge is -2.16. The van der Waals surface area contributed by atoms with Gasteiger partial charge in [-0.15, -0.1) is 11.6 Å². The summed E-state index contributed by atoms with van der Waals surface area (Å²) in [6.07, 6.45) is 1.66. The minimum atomic E-state index is -0.409. The van der Waals surface area contributed by atoms with Gasteiger partial charge in [-0.3, -0.25) is 9.59 Å². The van der Waals surface area contributed by atoms with Crippen LogP contribution in [0.1, 0.15) is 34.3 Å². The lowest BCUT2D eigenvalue weighted by molar-refractivity contribution is -0.114. The molecule has 3 nitrogen and oxygen atoms in total. The van der Waals surface area contributed by atoms with Crippen molar-refractivity contribution in [2.75, 3.05) is 17.3 Å². The van der Waals surface area contributed by atoms with Crippen LogP contribution in [0.3, 0.4) is 0 Å². The molecule has 1 aliphatic rings. The van der Waals surface area contributed by atoms with Crippen LogP contribution in [0.5, 0.6) is 0 Å². The van der Waals surface area contributed by atoms with E-state index >= 15 is 0 Å². The number of alkyl halides is 1. The molecule has 0 aliphatic carbocycles. The second-order valence-electron chi connectivity index (χ2n) is 4.66. The summed E-state index contributed by atoms with van der Waals surface area (Å²) in [5, 5.41) is 0. The molecule has 0 bridgehead atoms. The van der Waals surface area contributed by atoms with Crippen LogP contribution >= 0.6 is 11.6 Å². The minimum absolute atomic E-state index is 0.381. The lowest BCUT2D eigenvalue weighted by Crippen LogP contribution is -2.30. The Morgan fingerprint density at radius 3 is 2.56 bits per heavy atom. The first-order valence-electron chi connectivity index (χ1n) is 6.09. The summed E-state index contributed by atoms with van der Waals surface area (Å²) in [4.78, 5) is 25.5. The largest absolute Gasteiger partial charge is 0.305 e. The molecule has 1 aromatic rings. The summed E-state index contributed by atoms with van der Waals surface area (Å²) in [7, 11) is 0. The fourth-order valence-corrected chi connectivity index (χ4v) is 2.57. The average molecular weight is 266 g/mol. The number of fused-ring (bicyclic) bond motifs is 1. The van der Waals surface area contributed by atoms with Crippen LogP contribution in [0.2, 0.25) is 0 Å². The van der Waals surface area contributed by atoms with Crippen LogP contribution in [-0.2, 0) is 4.79 Å². The van der Waals surface area contributed by atoms with Crippen molar-refractivity contribution in [2.24, 2.45) is 0 Å². The molecule has 0 saturated carbocycles. The number of unbranched alkanes of at least 4 members (excludes halogenated alkanes) is 1. The Balaban J connectivity index is 2.35. The topological polar surface area (TPSA) is 37.4 Å². The van der Waals surface area contributed by atoms with Gasteiger partial charge in [-0.2, -0.15) is 0 Å². The second kappa shape index (κ2) is 5.11. The maximum absolute atomic E-state index is 12.0. The third-order valence-electron chi connectivity index (χ3n) is 3.18. The molecule has 0 spiro atoms. The molecular formula is C14H16ClNO2. The van der Waals surface area contributed by atoms with Crippen LogP contribution in [0, 0.1) is 13.8 Å². The van der Waals surface area contributed by atoms with Crippen molar-refractivity contribution in [1.82, 2.24) is 0 Å². The Morgan fingerprint density at radius 2 is 1.89 bits per heavy atom. The molecule has 18 heavy (non-hydrogen) atoms. The van der Waals surface area contributed by atoms with Gasteiger partial charge in [-0.25, -0.2) is 0 Å². The van der Waals surface area contributed by atoms with Crippen molar-refractivity contribution in [2.45, 2.75) is 26.7 Å². The predicted molar refractivity (Wildman–Crippen MR) is 72.6 cm³/mol. The summed E-state index contributed by atoms with van der Waals surface area (Å²) in [6.45, 7) is 4.41. The van der Waals surface area contributed by atoms with Crippen molar-refractivity contribution < 1.29 is 9.59 Å². The molecule has 0 saturated heterocycles. The van der Waals surface area contributed by atoms with Gasteiger partial charge in [0.25, 0.3) is 11.7 Å². The number of carbonyl (C=O) groups is 2. The normalized spacial score (nSPS) is 14.3. The van der Waals surface area contributed by atoms with Gasteiger partial charge >= 0.3 is 0 Å². The quantitative estimate of drug-likeness (QED) is 0.477. The molecule has 0 radical (unpaired) electrons. The first-order valence-corrected chi connectivity index (χ1v) is 6.63. The smallest absolute Gasteiger partial charge is 0.299 e. The van der Waals surface area contributed by atoms with Crippen molar-refractivity contribution >= 4 is 29.0 Å². The first kappa shape index (κ1) is 13.1. The SMILES string of the molecule is Cc1cc(C)c2c(c1)N(CCCCCl)C(=O)C2=O. The molecule has 1 amide bonds. The number of carbonyl (C=O) groups excluding carboxylic acids is 2. The van der Waals surface area contributed by atoms with E-state index in [4.69, 9.17) is 11.6 Å². The van der Waals surface area contributed by atoms with Gasteiger partial charge in [0.05, 0.1) is 11.3 Å². The van der Waals surface area contributed by atoms with Gasteiger partial charge in [0.15, 0.2) is 0 Å². The summed E-state index contributed by atoms with van der Waals surface area (Å²) < 4.78 is 0. The van der Waals surface area contributed by atoms with Crippen LogP contribution in [0.25, 0.3) is 0 Å². The molecule has 1 aliphatic heterocycles. The Hall–Kier alpha value is -1.35. The van der Waals surface area contributed by atoms with E-state index in [0.29, 0.717) is 18.0 Å². The maximum atomic E-state index is 12.0. The number of hydrogen-bond acceptors (Lipinski definition) is 2. The number of amides is 1. The number of halogens is 1. The van der Waals surface area contributed by atoms with E-state index in [0.717, 1.165) is 29.7 Å². The van der Waals surface area contributed by atoms with Crippen LogP contribution < -0.4 is 4.90 Å². The minimum Gasteiger partial charge on any atom is -0.305 e. The van der Waals surface area contributed by atoms with E-state index in [9.17, 15) is 9.59 Å². The van der Waals surface area contributed by atoms with Crippen molar-refractivity contribution in [1.29, 1.82) is 0 Å². The van der Waals surface area contributed by atoms with E-state index in [-0.39, 0.29) is 5.78 Å². The number of ketones is 1. The molecule has 96 valence electrons. The zero-order valence-corrected chi connectivity index (χ0v) is 11.4. The summed E-state index contributed by atoms with van der Waals surface area (Å²) in [6, 6.07) is 3.85. The molecular weight excluding hydrogens is 250 g/mol. The zero-order valence-electron chi connectivity index (χ0n) is 10.6. The van der Waals surface area contributed by atoms with Crippen molar-refractivity contribution in [3.8, 4) is 0 Å². The van der Waals surface area contributed by atoms with E-state index in [2.05, 4.69) is 0 Å². The summed E-state index contributed by atoms with van der Waals surface area (Å²) >= 11 is 5.63. The highest BCUT2D eigenvalue weighted by molar-refractivity contribution is 6.52. The number of benzene rings is 1. The summed E-state index contributed by atoms with van der Waals surface area (Å²) in [5.41, 5.74) is 3.27. The van der Waals surface area contributed by atoms with Gasteiger partial charge in [0, 0.05) is 12.4 Å². The molecule has 1 aromatic carbocycles. The van der Waals surface area contributed by atoms with Crippen LogP contribution in [0.4, 0.5) is 5.69 Å². The highest BCUT2D eigenvalue weighted by Crippen LogP contribution is 2.32. The number of hydrogen-bond donors (Lipinski definition) is 0. The maximum Gasteiger partial charge on any atom is 0.299 e. The van der Waals surface area contributed by atoms with E-state index in [1.807, 2.05) is 26.0 Å². The van der Waals surface area contributed by atoms with Gasteiger partial charge in [-0.05, 0) is 43.9 Å². The summed E-state index contributed by atoms with van der Waals surface area (Å²) in [5.74, 6) is -0.211. The Morgan fingerprint density at radius 1 is 1.17 bits per heavy atom. The highest BCUT2D eigenvalue weighted by atomic mass is 35.5. The number of rotatable bonds is 4. The van der Waals surface area contributed by atoms with E-state index in [1.165, 1.54) is 0 Å². The molecule has 0 aromatic heterocycles. The highest BCUT2D eigenvalue weighted by Gasteiger charge is 2.36. The van der Waals surface area contributed by atoms with Gasteiger partial charge < -0.3 is 4.90 Å². The Labute approximate surface area is 112 Å². The average Bonchev–Trinajstić information content (AvgIpc) is 2.54. The molecule has 0 unspecified atom stereocenters. The Bertz CT molecular complexity index is 511. The number of aryl methyl sites for hydroxylation is 2. The van der Waals surface area contributed by atoms with Gasteiger partial charge in [0.2, 0.25) is 0 Å². The molecule has 1 heterocycles. The number of nitrogens with zero attached hydrogens (tertiary/aromatic N) is 1. The third-order valence-corrected chi connectivity index (χ3v) is 3.45. The third kappa shape index (κ3) is 2.15. The van der Waals surface area contributed by atoms with E-state index in [1.54, 1.807) is 4.90 Å². The fourth-order valence-electron chi connectivity index (χ4n) is 2.38. The van der Waals surface area contributed by atoms with Gasteiger partial charge in [-0.1, -0.05) is 6.07 Å². The lowest BCUT2D eigenvalue weighted by atomic mass is 10.0. The fraction of sp³-hybridized carbons (Fsp3) is 0.429. The second-order valence-corrected chi connectivity index (χ2v) is 5.04.